The quantitative estimate of drug-likeness (QED) is 0.266. The van der Waals surface area contributed by atoms with E-state index in [1.807, 2.05) is 12.1 Å². The highest BCUT2D eigenvalue weighted by atomic mass is 35.5. The predicted octanol–water partition coefficient (Wildman–Crippen LogP) is 3.24. The smallest absolute Gasteiger partial charge is 0.323 e. The monoisotopic (exact) mass is 523 g/mol. The second kappa shape index (κ2) is 17.0. The Kier molecular flexibility index (Phi) is 16.2. The molecule has 1 aromatic rings. The molecule has 1 unspecified atom stereocenters. The lowest BCUT2D eigenvalue weighted by atomic mass is 10.0. The van der Waals surface area contributed by atoms with Crippen LogP contribution in [0, 0.1) is 0 Å². The number of hydrogen-bond donors (Lipinski definition) is 3. The molecule has 0 aromatic heterocycles. The van der Waals surface area contributed by atoms with Gasteiger partial charge < -0.3 is 15.6 Å². The molecule has 0 radical (unpaired) electrons. The summed E-state index contributed by atoms with van der Waals surface area (Å²) in [5.74, 6) is -1.42. The minimum Gasteiger partial charge on any atom is -0.480 e. The molecule has 2 rings (SSSR count). The molecular formula is C22H35Cl2N3O5S. The molecule has 0 saturated heterocycles. The summed E-state index contributed by atoms with van der Waals surface area (Å²) in [6.45, 7) is 2.26. The van der Waals surface area contributed by atoms with Crippen molar-refractivity contribution in [3.63, 3.8) is 0 Å². The van der Waals surface area contributed by atoms with Gasteiger partial charge in [-0.3, -0.25) is 24.6 Å². The number of nitrogens with two attached hydrogens (primary N) is 1. The molecule has 0 aliphatic carbocycles. The van der Waals surface area contributed by atoms with E-state index in [2.05, 4.69) is 5.32 Å². The molecule has 33 heavy (non-hydrogen) atoms. The summed E-state index contributed by atoms with van der Waals surface area (Å²) < 4.78 is 5.22. The first kappa shape index (κ1) is 31.5. The number of fused-ring (bicyclic) bond motifs is 1. The predicted molar refractivity (Wildman–Crippen MR) is 136 cm³/mol. The highest BCUT2D eigenvalue weighted by molar-refractivity contribution is 7.99. The van der Waals surface area contributed by atoms with Gasteiger partial charge >= 0.3 is 11.9 Å². The van der Waals surface area contributed by atoms with Crippen LogP contribution in [0.25, 0.3) is 0 Å². The molecule has 0 bridgehead atoms. The van der Waals surface area contributed by atoms with Crippen molar-refractivity contribution < 1.29 is 24.2 Å². The van der Waals surface area contributed by atoms with Gasteiger partial charge in [-0.05, 0) is 38.4 Å². The van der Waals surface area contributed by atoms with Crippen LogP contribution in [0.4, 0.5) is 5.69 Å². The van der Waals surface area contributed by atoms with Crippen LogP contribution in [0.2, 0.25) is 0 Å². The molecule has 1 heterocycles. The SMILES string of the molecule is CCOC(=O)[C@@H](CCCCCCCN)NC1CSc2ccccc2N(CC(=O)O)C1=O.Cl.Cl. The van der Waals surface area contributed by atoms with Crippen molar-refractivity contribution in [3.8, 4) is 0 Å². The maximum absolute atomic E-state index is 13.2. The number of amides is 1. The highest BCUT2D eigenvalue weighted by Crippen LogP contribution is 2.34. The summed E-state index contributed by atoms with van der Waals surface area (Å²) in [5, 5.41) is 12.5. The van der Waals surface area contributed by atoms with Crippen LogP contribution in [-0.2, 0) is 19.1 Å². The van der Waals surface area contributed by atoms with E-state index in [1.165, 1.54) is 16.7 Å². The Hall–Kier alpha value is -1.52. The van der Waals surface area contributed by atoms with Gasteiger partial charge in [-0.15, -0.1) is 36.6 Å². The summed E-state index contributed by atoms with van der Waals surface area (Å²) >= 11 is 1.47. The number of carbonyl (C=O) groups is 3. The second-order valence-electron chi connectivity index (χ2n) is 7.47. The summed E-state index contributed by atoms with van der Waals surface area (Å²) in [7, 11) is 0. The molecular weight excluding hydrogens is 489 g/mol. The van der Waals surface area contributed by atoms with Crippen LogP contribution in [-0.4, -0.2) is 60.5 Å². The average molecular weight is 525 g/mol. The number of esters is 1. The maximum atomic E-state index is 13.2. The third-order valence-electron chi connectivity index (χ3n) is 5.09. The first-order chi connectivity index (χ1) is 15.0. The Labute approximate surface area is 212 Å². The number of rotatable bonds is 13. The van der Waals surface area contributed by atoms with E-state index in [-0.39, 0.29) is 43.3 Å². The van der Waals surface area contributed by atoms with Gasteiger partial charge in [0.05, 0.1) is 18.3 Å². The molecule has 1 amide bonds. The minimum absolute atomic E-state index is 0. The zero-order chi connectivity index (χ0) is 22.6. The van der Waals surface area contributed by atoms with Crippen molar-refractivity contribution >= 4 is 60.1 Å². The van der Waals surface area contributed by atoms with Crippen molar-refractivity contribution in [1.82, 2.24) is 5.32 Å². The Morgan fingerprint density at radius 1 is 1.21 bits per heavy atom. The molecule has 0 fully saturated rings. The Balaban J connectivity index is 0.00000512. The lowest BCUT2D eigenvalue weighted by molar-refractivity contribution is -0.146. The zero-order valence-electron chi connectivity index (χ0n) is 18.9. The molecule has 0 spiro atoms. The topological polar surface area (TPSA) is 122 Å². The molecule has 11 heteroatoms. The molecule has 1 aliphatic heterocycles. The summed E-state index contributed by atoms with van der Waals surface area (Å²) in [5.41, 5.74) is 6.10. The number of nitrogens with zero attached hydrogens (tertiary/aromatic N) is 1. The van der Waals surface area contributed by atoms with Crippen molar-refractivity contribution in [2.75, 3.05) is 30.3 Å². The highest BCUT2D eigenvalue weighted by Gasteiger charge is 2.34. The number of anilines is 1. The fourth-order valence-electron chi connectivity index (χ4n) is 3.55. The lowest BCUT2D eigenvalue weighted by Gasteiger charge is -2.27. The average Bonchev–Trinajstić information content (AvgIpc) is 2.87. The number of carbonyl (C=O) groups excluding carboxylic acids is 2. The normalized spacial score (nSPS) is 16.0. The van der Waals surface area contributed by atoms with E-state index in [4.69, 9.17) is 10.5 Å². The van der Waals surface area contributed by atoms with Gasteiger partial charge in [0.1, 0.15) is 12.6 Å². The van der Waals surface area contributed by atoms with E-state index < -0.39 is 24.6 Å². The summed E-state index contributed by atoms with van der Waals surface area (Å²) in [6, 6.07) is 5.95. The lowest BCUT2D eigenvalue weighted by Crippen LogP contribution is -2.54. The first-order valence-corrected chi connectivity index (χ1v) is 11.8. The number of ether oxygens (including phenoxy) is 1. The van der Waals surface area contributed by atoms with Crippen LogP contribution in [0.5, 0.6) is 0 Å². The van der Waals surface area contributed by atoms with Crippen LogP contribution < -0.4 is 16.0 Å². The van der Waals surface area contributed by atoms with Crippen LogP contribution in [0.3, 0.4) is 0 Å². The number of unbranched alkanes of at least 4 members (excludes halogenated alkanes) is 4. The number of halogens is 2. The number of carboxylic acids is 1. The Morgan fingerprint density at radius 3 is 2.55 bits per heavy atom. The second-order valence-corrected chi connectivity index (χ2v) is 8.53. The van der Waals surface area contributed by atoms with Crippen LogP contribution in [0.15, 0.2) is 29.2 Å². The number of nitrogens with one attached hydrogen (secondary N) is 1. The standard InChI is InChI=1S/C22H33N3O5S.2ClH/c1-2-30-22(29)16(10-6-4-3-5-9-13-23)24-17-15-31-19-12-8-7-11-18(19)25(21(17)28)14-20(26)27;;/h7-8,11-12,16-17,24H,2-6,9-10,13-15,23H2,1H3,(H,26,27);2*1H/t16-,17?;;/m1../s1. The fraction of sp³-hybridized carbons (Fsp3) is 0.591. The van der Waals surface area contributed by atoms with Gasteiger partial charge in [-0.1, -0.05) is 37.8 Å². The number of benzene rings is 1. The van der Waals surface area contributed by atoms with Crippen molar-refractivity contribution in [2.24, 2.45) is 5.73 Å². The minimum atomic E-state index is -1.09. The van der Waals surface area contributed by atoms with Gasteiger partial charge in [0.25, 0.3) is 0 Å². The summed E-state index contributed by atoms with van der Waals surface area (Å²) in [4.78, 5) is 39.3. The maximum Gasteiger partial charge on any atom is 0.323 e. The molecule has 188 valence electrons. The Morgan fingerprint density at radius 2 is 1.88 bits per heavy atom. The summed E-state index contributed by atoms with van der Waals surface area (Å²) in [6.07, 6.45) is 5.46. The van der Waals surface area contributed by atoms with Gasteiger partial charge in [0, 0.05) is 10.6 Å². The number of thioether (sulfide) groups is 1. The van der Waals surface area contributed by atoms with Crippen molar-refractivity contribution in [3.05, 3.63) is 24.3 Å². The Bertz CT molecular complexity index is 756. The van der Waals surface area contributed by atoms with E-state index in [9.17, 15) is 19.5 Å². The van der Waals surface area contributed by atoms with Gasteiger partial charge in [0.2, 0.25) is 5.91 Å². The first-order valence-electron chi connectivity index (χ1n) is 10.9. The molecule has 0 saturated carbocycles. The zero-order valence-corrected chi connectivity index (χ0v) is 21.3. The van der Waals surface area contributed by atoms with Crippen molar-refractivity contribution in [2.45, 2.75) is 62.4 Å². The number of para-hydroxylation sites is 1. The number of carboxylic acid groups (broad SMARTS) is 1. The van der Waals surface area contributed by atoms with Crippen LogP contribution in [0.1, 0.15) is 45.4 Å². The van der Waals surface area contributed by atoms with E-state index in [1.54, 1.807) is 19.1 Å². The van der Waals surface area contributed by atoms with Gasteiger partial charge in [0.15, 0.2) is 0 Å². The fourth-order valence-corrected chi connectivity index (χ4v) is 4.64. The van der Waals surface area contributed by atoms with Crippen LogP contribution >= 0.6 is 36.6 Å². The molecule has 4 N–H and O–H groups in total. The number of hydrogen-bond acceptors (Lipinski definition) is 7. The van der Waals surface area contributed by atoms with Gasteiger partial charge in [-0.2, -0.15) is 0 Å². The largest absolute Gasteiger partial charge is 0.480 e. The molecule has 8 nitrogen and oxygen atoms in total. The molecule has 1 aliphatic rings. The van der Waals surface area contributed by atoms with Gasteiger partial charge in [-0.25, -0.2) is 0 Å². The van der Waals surface area contributed by atoms with E-state index >= 15 is 0 Å². The third kappa shape index (κ3) is 10.1. The van der Waals surface area contributed by atoms with Crippen molar-refractivity contribution in [1.29, 1.82) is 0 Å². The van der Waals surface area contributed by atoms with E-state index in [0.29, 0.717) is 24.4 Å². The van der Waals surface area contributed by atoms with E-state index in [0.717, 1.165) is 37.0 Å². The molecule has 2 atom stereocenters. The number of aliphatic carboxylic acids is 1. The molecule has 1 aromatic carbocycles. The third-order valence-corrected chi connectivity index (χ3v) is 6.25.